The molecular weight excluding hydrogens is 449 g/mol. The summed E-state index contributed by atoms with van der Waals surface area (Å²) in [5.41, 5.74) is 0.229. The molecule has 0 bridgehead atoms. The van der Waals surface area contributed by atoms with E-state index in [2.05, 4.69) is 15.3 Å². The van der Waals surface area contributed by atoms with Gasteiger partial charge in [0.2, 0.25) is 0 Å². The van der Waals surface area contributed by atoms with Gasteiger partial charge in [0.1, 0.15) is 23.2 Å². The molecule has 0 saturated heterocycles. The molecule has 0 unspecified atom stereocenters. The number of rotatable bonds is 9. The van der Waals surface area contributed by atoms with Gasteiger partial charge >= 0.3 is 0 Å². The number of alkyl halides is 2. The molecule has 0 aliphatic rings. The van der Waals surface area contributed by atoms with Crippen LogP contribution in [0.15, 0.2) is 30.3 Å². The topological polar surface area (TPSA) is 76.6 Å². The zero-order valence-corrected chi connectivity index (χ0v) is 19.7. The summed E-state index contributed by atoms with van der Waals surface area (Å²) in [5.74, 6) is -0.129. The van der Waals surface area contributed by atoms with Crippen LogP contribution in [-0.2, 0) is 4.74 Å². The number of aromatic nitrogens is 2. The van der Waals surface area contributed by atoms with Gasteiger partial charge in [-0.2, -0.15) is 0 Å². The number of fused-ring (bicyclic) bond motifs is 1. The maximum atomic E-state index is 14.7. The van der Waals surface area contributed by atoms with E-state index in [4.69, 9.17) is 9.47 Å². The summed E-state index contributed by atoms with van der Waals surface area (Å²) in [6.07, 6.45) is -2.92. The molecule has 0 spiro atoms. The molecule has 1 atom stereocenters. The van der Waals surface area contributed by atoms with Gasteiger partial charge in [-0.05, 0) is 26.0 Å². The number of likely N-dealkylation sites (N-methyl/N-ethyl adjacent to an activating group) is 1. The van der Waals surface area contributed by atoms with E-state index in [0.717, 1.165) is 6.07 Å². The molecule has 0 aliphatic heterocycles. The molecule has 1 heterocycles. The number of carbonyl (C=O) groups is 1. The van der Waals surface area contributed by atoms with Crippen LogP contribution in [-0.4, -0.2) is 55.2 Å². The van der Waals surface area contributed by atoms with E-state index < -0.39 is 23.8 Å². The van der Waals surface area contributed by atoms with Crippen LogP contribution < -0.4 is 10.1 Å². The molecule has 1 N–H and O–H groups in total. The Morgan fingerprint density at radius 3 is 2.53 bits per heavy atom. The van der Waals surface area contributed by atoms with Gasteiger partial charge < -0.3 is 19.7 Å². The first-order valence-corrected chi connectivity index (χ1v) is 10.6. The maximum Gasteiger partial charge on any atom is 0.266 e. The van der Waals surface area contributed by atoms with Crippen LogP contribution in [0, 0.1) is 12.7 Å². The molecule has 182 valence electrons. The number of anilines is 1. The lowest BCUT2D eigenvalue weighted by Crippen LogP contribution is -2.30. The predicted octanol–water partition coefficient (Wildman–Crippen LogP) is 4.92. The number of nitrogens with zero attached hydrogens (tertiary/aromatic N) is 3. The second-order valence-corrected chi connectivity index (χ2v) is 7.83. The highest BCUT2D eigenvalue weighted by Gasteiger charge is 2.22. The zero-order valence-electron chi connectivity index (χ0n) is 19.7. The molecule has 3 rings (SSSR count). The van der Waals surface area contributed by atoms with Gasteiger partial charge in [-0.3, -0.25) is 4.79 Å². The average Bonchev–Trinajstić information content (AvgIpc) is 2.80. The highest BCUT2D eigenvalue weighted by Crippen LogP contribution is 2.33. The summed E-state index contributed by atoms with van der Waals surface area (Å²) in [6.45, 7) is 4.11. The fourth-order valence-corrected chi connectivity index (χ4v) is 3.61. The van der Waals surface area contributed by atoms with E-state index in [-0.39, 0.29) is 11.5 Å². The standard InChI is InChI=1S/C24H27F3N4O3/c1-13(15-7-6-8-16(21(15)25)22(26)27)28-23-17-12-20(34-5)18(11-19(17)29-14(2)30-23)24(32)31(3)9-10-33-4/h6-8,11-13,22H,9-10H2,1-5H3,(H,28,29,30)/t13-/m1/s1. The van der Waals surface area contributed by atoms with Crippen LogP contribution in [0.1, 0.15) is 46.7 Å². The summed E-state index contributed by atoms with van der Waals surface area (Å²) >= 11 is 0. The van der Waals surface area contributed by atoms with Crippen molar-refractivity contribution in [1.29, 1.82) is 0 Å². The molecule has 0 aliphatic carbocycles. The van der Waals surface area contributed by atoms with Crippen molar-refractivity contribution in [2.75, 3.05) is 39.7 Å². The molecule has 1 aromatic heterocycles. The Bertz CT molecular complexity index is 1190. The first-order chi connectivity index (χ1) is 16.2. The second-order valence-electron chi connectivity index (χ2n) is 7.83. The number of halogens is 3. The van der Waals surface area contributed by atoms with Crippen molar-refractivity contribution >= 4 is 22.6 Å². The van der Waals surface area contributed by atoms with Crippen molar-refractivity contribution in [3.63, 3.8) is 0 Å². The predicted molar refractivity (Wildman–Crippen MR) is 123 cm³/mol. The Morgan fingerprint density at radius 1 is 1.18 bits per heavy atom. The van der Waals surface area contributed by atoms with Crippen LogP contribution >= 0.6 is 0 Å². The van der Waals surface area contributed by atoms with Crippen molar-refractivity contribution in [2.45, 2.75) is 26.3 Å². The van der Waals surface area contributed by atoms with Gasteiger partial charge in [0, 0.05) is 31.7 Å². The average molecular weight is 476 g/mol. The Kier molecular flexibility index (Phi) is 7.93. The number of nitrogens with one attached hydrogen (secondary N) is 1. The van der Waals surface area contributed by atoms with Crippen LogP contribution in [0.4, 0.5) is 19.0 Å². The van der Waals surface area contributed by atoms with E-state index in [1.807, 2.05) is 0 Å². The molecule has 0 fully saturated rings. The third kappa shape index (κ3) is 5.22. The van der Waals surface area contributed by atoms with Crippen LogP contribution in [0.5, 0.6) is 5.75 Å². The molecule has 1 amide bonds. The molecule has 0 radical (unpaired) electrons. The summed E-state index contributed by atoms with van der Waals surface area (Å²) in [7, 11) is 4.66. The number of hydrogen-bond acceptors (Lipinski definition) is 6. The minimum atomic E-state index is -2.92. The summed E-state index contributed by atoms with van der Waals surface area (Å²) in [6, 6.07) is 6.47. The van der Waals surface area contributed by atoms with E-state index in [1.165, 1.54) is 24.1 Å². The maximum absolute atomic E-state index is 14.7. The minimum absolute atomic E-state index is 0.0840. The number of ether oxygens (including phenoxy) is 2. The van der Waals surface area contributed by atoms with Crippen molar-refractivity contribution in [2.24, 2.45) is 0 Å². The van der Waals surface area contributed by atoms with Gasteiger partial charge in [0.05, 0.1) is 36.4 Å². The van der Waals surface area contributed by atoms with Crippen LogP contribution in [0.3, 0.4) is 0 Å². The molecule has 3 aromatic rings. The fraction of sp³-hybridized carbons (Fsp3) is 0.375. The Labute approximate surface area is 195 Å². The first-order valence-electron chi connectivity index (χ1n) is 10.6. The number of hydrogen-bond donors (Lipinski definition) is 1. The van der Waals surface area contributed by atoms with Gasteiger partial charge in [0.25, 0.3) is 12.3 Å². The summed E-state index contributed by atoms with van der Waals surface area (Å²) in [5, 5.41) is 3.63. The van der Waals surface area contributed by atoms with Gasteiger partial charge in [-0.15, -0.1) is 0 Å². The number of aryl methyl sites for hydroxylation is 1. The Hall–Kier alpha value is -3.40. The Morgan fingerprint density at radius 2 is 1.88 bits per heavy atom. The third-order valence-corrected chi connectivity index (χ3v) is 5.45. The van der Waals surface area contributed by atoms with E-state index >= 15 is 0 Å². The van der Waals surface area contributed by atoms with E-state index in [1.54, 1.807) is 40.1 Å². The number of methoxy groups -OCH3 is 2. The van der Waals surface area contributed by atoms with Crippen molar-refractivity contribution in [1.82, 2.24) is 14.9 Å². The normalized spacial score (nSPS) is 12.1. The minimum Gasteiger partial charge on any atom is -0.496 e. The lowest BCUT2D eigenvalue weighted by molar-refractivity contribution is 0.0741. The van der Waals surface area contributed by atoms with Crippen LogP contribution in [0.2, 0.25) is 0 Å². The second kappa shape index (κ2) is 10.7. The van der Waals surface area contributed by atoms with Crippen molar-refractivity contribution in [3.05, 3.63) is 58.7 Å². The molecule has 34 heavy (non-hydrogen) atoms. The molecule has 2 aromatic carbocycles. The molecule has 10 heteroatoms. The monoisotopic (exact) mass is 476 g/mol. The summed E-state index contributed by atoms with van der Waals surface area (Å²) in [4.78, 5) is 23.3. The lowest BCUT2D eigenvalue weighted by Gasteiger charge is -2.21. The highest BCUT2D eigenvalue weighted by atomic mass is 19.3. The highest BCUT2D eigenvalue weighted by molar-refractivity contribution is 6.02. The zero-order chi connectivity index (χ0) is 25.0. The molecular formula is C24H27F3N4O3. The third-order valence-electron chi connectivity index (χ3n) is 5.45. The van der Waals surface area contributed by atoms with Gasteiger partial charge in [-0.1, -0.05) is 18.2 Å². The number of benzene rings is 2. The largest absolute Gasteiger partial charge is 0.496 e. The Balaban J connectivity index is 2.03. The van der Waals surface area contributed by atoms with Crippen LogP contribution in [0.25, 0.3) is 10.9 Å². The van der Waals surface area contributed by atoms with Crippen molar-refractivity contribution in [3.8, 4) is 5.75 Å². The number of amides is 1. The molecule has 7 nitrogen and oxygen atoms in total. The fourth-order valence-electron chi connectivity index (χ4n) is 3.61. The van der Waals surface area contributed by atoms with Gasteiger partial charge in [0.15, 0.2) is 0 Å². The SMILES string of the molecule is COCCN(C)C(=O)c1cc2nc(C)nc(N[C@H](C)c3cccc(C(F)F)c3F)c2cc1OC. The quantitative estimate of drug-likeness (QED) is 0.473. The van der Waals surface area contributed by atoms with E-state index in [9.17, 15) is 18.0 Å². The smallest absolute Gasteiger partial charge is 0.266 e. The van der Waals surface area contributed by atoms with Gasteiger partial charge in [-0.25, -0.2) is 23.1 Å². The summed E-state index contributed by atoms with van der Waals surface area (Å²) < 4.78 is 51.4. The van der Waals surface area contributed by atoms with E-state index in [0.29, 0.717) is 47.0 Å². The van der Waals surface area contributed by atoms with Crippen molar-refractivity contribution < 1.29 is 27.4 Å². The lowest BCUT2D eigenvalue weighted by atomic mass is 10.0. The first kappa shape index (κ1) is 25.2. The molecule has 0 saturated carbocycles. The number of carbonyl (C=O) groups excluding carboxylic acids is 1.